The Hall–Kier alpha value is -3.35. The zero-order valence-corrected chi connectivity index (χ0v) is 19.6. The van der Waals surface area contributed by atoms with Gasteiger partial charge in [0.1, 0.15) is 18.1 Å². The van der Waals surface area contributed by atoms with Crippen LogP contribution >= 0.6 is 23.2 Å². The number of benzene rings is 3. The number of carbonyl (C=O) groups excluding carboxylic acids is 1. The van der Waals surface area contributed by atoms with Crippen LogP contribution in [0.15, 0.2) is 54.3 Å². The van der Waals surface area contributed by atoms with E-state index in [-0.39, 0.29) is 18.1 Å². The van der Waals surface area contributed by atoms with E-state index in [1.165, 1.54) is 21.3 Å². The fraction of sp³-hybridized carbons (Fsp3) is 0.160. The van der Waals surface area contributed by atoms with Gasteiger partial charge in [0.2, 0.25) is 11.5 Å². The van der Waals surface area contributed by atoms with Gasteiger partial charge in [-0.25, -0.2) is 0 Å². The molecule has 6 nitrogen and oxygen atoms in total. The van der Waals surface area contributed by atoms with Crippen LogP contribution in [-0.4, -0.2) is 27.1 Å². The molecular formula is C25H20Cl2O6. The van der Waals surface area contributed by atoms with Crippen LogP contribution in [-0.2, 0) is 6.61 Å². The Labute approximate surface area is 201 Å². The summed E-state index contributed by atoms with van der Waals surface area (Å²) in [5.74, 6) is 2.27. The summed E-state index contributed by atoms with van der Waals surface area (Å²) in [6, 6.07) is 13.9. The second-order valence-corrected chi connectivity index (χ2v) is 7.87. The lowest BCUT2D eigenvalue weighted by atomic mass is 10.1. The van der Waals surface area contributed by atoms with E-state index in [0.29, 0.717) is 49.9 Å². The molecule has 0 spiro atoms. The van der Waals surface area contributed by atoms with Crippen molar-refractivity contribution < 1.29 is 28.5 Å². The summed E-state index contributed by atoms with van der Waals surface area (Å²) >= 11 is 12.0. The van der Waals surface area contributed by atoms with Crippen molar-refractivity contribution in [2.45, 2.75) is 6.61 Å². The molecule has 0 radical (unpaired) electrons. The highest BCUT2D eigenvalue weighted by Gasteiger charge is 2.28. The third-order valence-corrected chi connectivity index (χ3v) is 5.79. The molecule has 3 aromatic carbocycles. The molecule has 0 N–H and O–H groups in total. The van der Waals surface area contributed by atoms with Gasteiger partial charge in [-0.2, -0.15) is 0 Å². The van der Waals surface area contributed by atoms with E-state index in [4.69, 9.17) is 46.9 Å². The molecule has 0 bridgehead atoms. The van der Waals surface area contributed by atoms with Gasteiger partial charge in [0, 0.05) is 11.6 Å². The van der Waals surface area contributed by atoms with Crippen LogP contribution in [0.5, 0.6) is 28.7 Å². The molecule has 0 atom stereocenters. The number of rotatable bonds is 7. The average molecular weight is 487 g/mol. The second-order valence-electron chi connectivity index (χ2n) is 7.06. The Balaban J connectivity index is 1.56. The predicted octanol–water partition coefficient (Wildman–Crippen LogP) is 6.21. The molecule has 8 heteroatoms. The standard InChI is InChI=1S/C25H20Cl2O6/c1-29-20-9-5-15(24(30-2)25(20)31-3)11-22-23(28)17-7-6-16(12-21(17)33-22)32-13-14-4-8-18(26)19(27)10-14/h4-12H,13H2,1-3H3/b22-11-. The first kappa shape index (κ1) is 22.8. The number of ketones is 1. The molecule has 0 saturated carbocycles. The van der Waals surface area contributed by atoms with Gasteiger partial charge in [0.05, 0.1) is 36.9 Å². The molecule has 0 aromatic heterocycles. The largest absolute Gasteiger partial charge is 0.493 e. The monoisotopic (exact) mass is 486 g/mol. The van der Waals surface area contributed by atoms with Crippen molar-refractivity contribution in [3.05, 3.63) is 81.0 Å². The molecule has 170 valence electrons. The van der Waals surface area contributed by atoms with Crippen LogP contribution < -0.4 is 23.7 Å². The van der Waals surface area contributed by atoms with Crippen molar-refractivity contribution in [3.63, 3.8) is 0 Å². The van der Waals surface area contributed by atoms with E-state index in [0.717, 1.165) is 5.56 Å². The first-order chi connectivity index (χ1) is 15.9. The van der Waals surface area contributed by atoms with Gasteiger partial charge in [0.15, 0.2) is 17.3 Å². The number of allylic oxidation sites excluding steroid dienone is 1. The minimum atomic E-state index is -0.238. The molecule has 4 rings (SSSR count). The molecule has 0 saturated heterocycles. The minimum Gasteiger partial charge on any atom is -0.493 e. The normalized spacial score (nSPS) is 13.5. The third kappa shape index (κ3) is 4.58. The van der Waals surface area contributed by atoms with Crippen molar-refractivity contribution in [1.82, 2.24) is 0 Å². The van der Waals surface area contributed by atoms with E-state index < -0.39 is 0 Å². The summed E-state index contributed by atoms with van der Waals surface area (Å²) in [6.45, 7) is 0.287. The number of fused-ring (bicyclic) bond motifs is 1. The number of Topliss-reactive ketones (excluding diaryl/α,β-unsaturated/α-hetero) is 1. The lowest BCUT2D eigenvalue weighted by molar-refractivity contribution is 0.101. The summed E-state index contributed by atoms with van der Waals surface area (Å²) in [4.78, 5) is 12.9. The van der Waals surface area contributed by atoms with Crippen LogP contribution in [0.25, 0.3) is 6.08 Å². The maximum Gasteiger partial charge on any atom is 0.231 e. The summed E-state index contributed by atoms with van der Waals surface area (Å²) in [5.41, 5.74) is 1.92. The highest BCUT2D eigenvalue weighted by Crippen LogP contribution is 2.42. The molecular weight excluding hydrogens is 467 g/mol. The predicted molar refractivity (Wildman–Crippen MR) is 126 cm³/mol. The number of hydrogen-bond acceptors (Lipinski definition) is 6. The summed E-state index contributed by atoms with van der Waals surface area (Å²) < 4.78 is 27.9. The maximum absolute atomic E-state index is 12.9. The van der Waals surface area contributed by atoms with Gasteiger partial charge in [-0.05, 0) is 48.0 Å². The van der Waals surface area contributed by atoms with Crippen molar-refractivity contribution in [3.8, 4) is 28.7 Å². The molecule has 3 aromatic rings. The van der Waals surface area contributed by atoms with E-state index in [1.807, 2.05) is 6.07 Å². The van der Waals surface area contributed by atoms with Crippen LogP contribution in [0, 0.1) is 0 Å². The van der Waals surface area contributed by atoms with Crippen LogP contribution in [0.3, 0.4) is 0 Å². The molecule has 1 heterocycles. The maximum atomic E-state index is 12.9. The van der Waals surface area contributed by atoms with E-state index in [9.17, 15) is 4.79 Å². The highest BCUT2D eigenvalue weighted by atomic mass is 35.5. The topological polar surface area (TPSA) is 63.2 Å². The SMILES string of the molecule is COc1ccc(/C=C2\Oc3cc(OCc4ccc(Cl)c(Cl)c4)ccc3C2=O)c(OC)c1OC. The zero-order chi connectivity index (χ0) is 23.5. The Kier molecular flexibility index (Phi) is 6.67. The van der Waals surface area contributed by atoms with E-state index in [2.05, 4.69) is 0 Å². The van der Waals surface area contributed by atoms with E-state index in [1.54, 1.807) is 48.5 Å². The molecule has 33 heavy (non-hydrogen) atoms. The number of ether oxygens (including phenoxy) is 5. The van der Waals surface area contributed by atoms with Gasteiger partial charge in [-0.1, -0.05) is 29.3 Å². The third-order valence-electron chi connectivity index (χ3n) is 5.05. The van der Waals surface area contributed by atoms with Gasteiger partial charge in [-0.15, -0.1) is 0 Å². The fourth-order valence-electron chi connectivity index (χ4n) is 3.43. The molecule has 0 aliphatic carbocycles. The lowest BCUT2D eigenvalue weighted by Crippen LogP contribution is -2.00. The first-order valence-electron chi connectivity index (χ1n) is 9.89. The smallest absolute Gasteiger partial charge is 0.231 e. The van der Waals surface area contributed by atoms with Gasteiger partial charge >= 0.3 is 0 Å². The van der Waals surface area contributed by atoms with E-state index >= 15 is 0 Å². The highest BCUT2D eigenvalue weighted by molar-refractivity contribution is 6.42. The molecule has 1 aliphatic rings. The Morgan fingerprint density at radius 3 is 2.36 bits per heavy atom. The van der Waals surface area contributed by atoms with Crippen molar-refractivity contribution in [2.24, 2.45) is 0 Å². The van der Waals surface area contributed by atoms with Crippen LogP contribution in [0.1, 0.15) is 21.5 Å². The molecule has 1 aliphatic heterocycles. The molecule has 0 fully saturated rings. The van der Waals surface area contributed by atoms with Crippen LogP contribution in [0.4, 0.5) is 0 Å². The van der Waals surface area contributed by atoms with Crippen molar-refractivity contribution in [1.29, 1.82) is 0 Å². The van der Waals surface area contributed by atoms with Crippen LogP contribution in [0.2, 0.25) is 10.0 Å². The lowest BCUT2D eigenvalue weighted by Gasteiger charge is -2.14. The van der Waals surface area contributed by atoms with Gasteiger partial charge in [-0.3, -0.25) is 4.79 Å². The van der Waals surface area contributed by atoms with Crippen molar-refractivity contribution in [2.75, 3.05) is 21.3 Å². The zero-order valence-electron chi connectivity index (χ0n) is 18.1. The van der Waals surface area contributed by atoms with Gasteiger partial charge in [0.25, 0.3) is 0 Å². The fourth-order valence-corrected chi connectivity index (χ4v) is 3.75. The molecule has 0 unspecified atom stereocenters. The average Bonchev–Trinajstić information content (AvgIpc) is 3.13. The number of methoxy groups -OCH3 is 3. The summed E-state index contributed by atoms with van der Waals surface area (Å²) in [5, 5.41) is 0.941. The Bertz CT molecular complexity index is 1250. The Morgan fingerprint density at radius 2 is 1.67 bits per heavy atom. The number of hydrogen-bond donors (Lipinski definition) is 0. The number of halogens is 2. The van der Waals surface area contributed by atoms with Crippen molar-refractivity contribution >= 4 is 35.1 Å². The summed E-state index contributed by atoms with van der Waals surface area (Å²) in [7, 11) is 4.57. The van der Waals surface area contributed by atoms with Gasteiger partial charge < -0.3 is 23.7 Å². The quantitative estimate of drug-likeness (QED) is 0.369. The summed E-state index contributed by atoms with van der Waals surface area (Å²) in [6.07, 6.45) is 1.61. The first-order valence-corrected chi connectivity index (χ1v) is 10.6. The molecule has 0 amide bonds. The second kappa shape index (κ2) is 9.65. The minimum absolute atomic E-state index is 0.164. The Morgan fingerprint density at radius 1 is 0.879 bits per heavy atom. The number of carbonyl (C=O) groups is 1.